The number of nitrogens with one attached hydrogen (secondary N) is 1. The van der Waals surface area contributed by atoms with Crippen LogP contribution in [0.15, 0.2) is 0 Å². The SMILES string of the molecule is CC(Br)C(=O)OC1C2NS(=O)(=O)C3CC4OC23C41. The van der Waals surface area contributed by atoms with E-state index in [0.29, 0.717) is 6.42 Å². The Morgan fingerprint density at radius 3 is 3.00 bits per heavy atom. The third kappa shape index (κ3) is 1.04. The fraction of sp³-hybridized carbons (Fsp3) is 0.900. The number of esters is 1. The number of hydrogen-bond acceptors (Lipinski definition) is 5. The topological polar surface area (TPSA) is 81.7 Å². The Balaban J connectivity index is 1.63. The standard InChI is InChI=1S/C10H12BrNO5S/c1-3(11)9(13)16-7-6-4-2-5-10(6,17-4)8(7)12-18(5,14)15/h3-8,12H,2H2,1H3. The maximum absolute atomic E-state index is 11.9. The van der Waals surface area contributed by atoms with Crippen molar-refractivity contribution in [2.75, 3.05) is 0 Å². The Labute approximate surface area is 113 Å². The minimum absolute atomic E-state index is 0.0486. The van der Waals surface area contributed by atoms with Crippen LogP contribution in [0.1, 0.15) is 13.3 Å². The van der Waals surface area contributed by atoms with Crippen LogP contribution in [-0.2, 0) is 24.3 Å². The highest BCUT2D eigenvalue weighted by Crippen LogP contribution is 2.68. The van der Waals surface area contributed by atoms with Crippen molar-refractivity contribution in [2.45, 2.75) is 47.3 Å². The lowest BCUT2D eigenvalue weighted by atomic mass is 9.60. The van der Waals surface area contributed by atoms with Gasteiger partial charge in [-0.05, 0) is 13.3 Å². The molecule has 0 aromatic heterocycles. The second-order valence-corrected chi connectivity index (χ2v) is 8.69. The first-order chi connectivity index (χ1) is 8.38. The van der Waals surface area contributed by atoms with E-state index in [4.69, 9.17) is 9.47 Å². The smallest absolute Gasteiger partial charge is 0.319 e. The minimum Gasteiger partial charge on any atom is -0.459 e. The molecule has 3 heterocycles. The number of hydrogen-bond donors (Lipinski definition) is 1. The van der Waals surface area contributed by atoms with Crippen LogP contribution in [-0.4, -0.2) is 48.3 Å². The first-order valence-electron chi connectivity index (χ1n) is 5.91. The molecule has 7 unspecified atom stereocenters. The van der Waals surface area contributed by atoms with Gasteiger partial charge >= 0.3 is 5.97 Å². The second-order valence-electron chi connectivity index (χ2n) is 5.42. The molecular weight excluding hydrogens is 326 g/mol. The molecular formula is C10H12BrNO5S. The van der Waals surface area contributed by atoms with Gasteiger partial charge in [-0.15, -0.1) is 0 Å². The molecule has 1 N–H and O–H groups in total. The van der Waals surface area contributed by atoms with Crippen molar-refractivity contribution >= 4 is 31.9 Å². The van der Waals surface area contributed by atoms with Gasteiger partial charge in [0.25, 0.3) is 0 Å². The average Bonchev–Trinajstić information content (AvgIpc) is 2.83. The molecule has 1 spiro atoms. The number of rotatable bonds is 2. The molecule has 2 aliphatic carbocycles. The maximum Gasteiger partial charge on any atom is 0.319 e. The van der Waals surface area contributed by atoms with Gasteiger partial charge in [-0.3, -0.25) is 4.79 Å². The zero-order valence-electron chi connectivity index (χ0n) is 9.50. The van der Waals surface area contributed by atoms with Gasteiger partial charge in [0.15, 0.2) is 0 Å². The highest BCUT2D eigenvalue weighted by Gasteiger charge is 2.88. The molecule has 2 bridgehead atoms. The molecule has 0 aromatic rings. The van der Waals surface area contributed by atoms with Gasteiger partial charge in [0.05, 0.1) is 18.1 Å². The molecule has 18 heavy (non-hydrogen) atoms. The Morgan fingerprint density at radius 1 is 1.61 bits per heavy atom. The molecule has 8 heteroatoms. The average molecular weight is 338 g/mol. The van der Waals surface area contributed by atoms with Crippen LogP contribution in [0.3, 0.4) is 0 Å². The van der Waals surface area contributed by atoms with E-state index in [-0.39, 0.29) is 28.9 Å². The van der Waals surface area contributed by atoms with Crippen LogP contribution in [0.2, 0.25) is 0 Å². The van der Waals surface area contributed by atoms with Gasteiger partial charge < -0.3 is 9.47 Å². The lowest BCUT2D eigenvalue weighted by Crippen LogP contribution is -2.81. The Kier molecular flexibility index (Phi) is 2.01. The Hall–Kier alpha value is -0.180. The molecule has 0 amide bonds. The number of sulfonamides is 1. The molecule has 7 atom stereocenters. The zero-order valence-corrected chi connectivity index (χ0v) is 11.9. The van der Waals surface area contributed by atoms with E-state index in [9.17, 15) is 13.2 Å². The van der Waals surface area contributed by atoms with Crippen molar-refractivity contribution < 1.29 is 22.7 Å². The van der Waals surface area contributed by atoms with Gasteiger partial charge in [-0.25, -0.2) is 13.1 Å². The first kappa shape index (κ1) is 11.6. The van der Waals surface area contributed by atoms with Crippen molar-refractivity contribution in [1.29, 1.82) is 0 Å². The van der Waals surface area contributed by atoms with Gasteiger partial charge in [0.1, 0.15) is 21.8 Å². The summed E-state index contributed by atoms with van der Waals surface area (Å²) in [5, 5.41) is -0.457. The lowest BCUT2D eigenvalue weighted by Gasteiger charge is -2.62. The molecule has 2 saturated carbocycles. The van der Waals surface area contributed by atoms with Crippen LogP contribution in [0.5, 0.6) is 0 Å². The van der Waals surface area contributed by atoms with Crippen LogP contribution in [0.25, 0.3) is 0 Å². The van der Waals surface area contributed by atoms with Crippen molar-refractivity contribution in [1.82, 2.24) is 4.72 Å². The molecule has 0 aromatic carbocycles. The number of carbonyl (C=O) groups is 1. The highest BCUT2D eigenvalue weighted by molar-refractivity contribution is 9.10. The number of halogens is 1. The fourth-order valence-electron chi connectivity index (χ4n) is 3.96. The summed E-state index contributed by atoms with van der Waals surface area (Å²) in [6.07, 6.45) is 0.0825. The van der Waals surface area contributed by atoms with Gasteiger partial charge in [0.2, 0.25) is 10.0 Å². The number of carbonyl (C=O) groups excluding carboxylic acids is 1. The molecule has 5 rings (SSSR count). The summed E-state index contributed by atoms with van der Waals surface area (Å²) in [6.45, 7) is 1.68. The van der Waals surface area contributed by atoms with E-state index in [1.54, 1.807) is 6.92 Å². The predicted molar refractivity (Wildman–Crippen MR) is 63.6 cm³/mol. The molecule has 3 saturated heterocycles. The highest BCUT2D eigenvalue weighted by atomic mass is 79.9. The monoisotopic (exact) mass is 337 g/mol. The van der Waals surface area contributed by atoms with Crippen LogP contribution in [0, 0.1) is 5.92 Å². The van der Waals surface area contributed by atoms with Gasteiger partial charge in [-0.1, -0.05) is 15.9 Å². The van der Waals surface area contributed by atoms with E-state index < -0.39 is 26.9 Å². The molecule has 3 aliphatic heterocycles. The molecule has 5 fully saturated rings. The Bertz CT molecular complexity index is 548. The quantitative estimate of drug-likeness (QED) is 0.543. The number of ether oxygens (including phenoxy) is 2. The summed E-state index contributed by atoms with van der Waals surface area (Å²) in [6, 6.07) is -0.397. The largest absolute Gasteiger partial charge is 0.459 e. The zero-order chi connectivity index (χ0) is 12.9. The van der Waals surface area contributed by atoms with Crippen molar-refractivity contribution in [2.24, 2.45) is 5.92 Å². The van der Waals surface area contributed by atoms with Crippen LogP contribution < -0.4 is 4.72 Å². The van der Waals surface area contributed by atoms with E-state index in [2.05, 4.69) is 20.7 Å². The maximum atomic E-state index is 11.9. The normalized spacial score (nSPS) is 55.1. The molecule has 6 nitrogen and oxygen atoms in total. The van der Waals surface area contributed by atoms with Gasteiger partial charge in [0, 0.05) is 0 Å². The predicted octanol–water partition coefficient (Wildman–Crippen LogP) is -0.477. The summed E-state index contributed by atoms with van der Waals surface area (Å²) < 4.78 is 37.5. The molecule has 0 radical (unpaired) electrons. The van der Waals surface area contributed by atoms with Crippen molar-refractivity contribution in [3.63, 3.8) is 0 Å². The Morgan fingerprint density at radius 2 is 2.33 bits per heavy atom. The van der Waals surface area contributed by atoms with Crippen LogP contribution >= 0.6 is 15.9 Å². The molecule has 100 valence electrons. The first-order valence-corrected chi connectivity index (χ1v) is 8.37. The van der Waals surface area contributed by atoms with E-state index in [1.807, 2.05) is 0 Å². The van der Waals surface area contributed by atoms with Gasteiger partial charge in [-0.2, -0.15) is 0 Å². The summed E-state index contributed by atoms with van der Waals surface area (Å²) in [5.74, 6) is -0.309. The fourth-order valence-corrected chi connectivity index (χ4v) is 6.20. The second kappa shape index (κ2) is 3.11. The lowest BCUT2D eigenvalue weighted by molar-refractivity contribution is -0.324. The van der Waals surface area contributed by atoms with E-state index >= 15 is 0 Å². The van der Waals surface area contributed by atoms with E-state index in [1.165, 1.54) is 0 Å². The van der Waals surface area contributed by atoms with Crippen molar-refractivity contribution in [3.05, 3.63) is 0 Å². The summed E-state index contributed by atoms with van der Waals surface area (Å²) in [4.78, 5) is 11.2. The summed E-state index contributed by atoms with van der Waals surface area (Å²) in [7, 11) is -3.32. The third-order valence-electron chi connectivity index (χ3n) is 4.64. The van der Waals surface area contributed by atoms with Crippen molar-refractivity contribution in [3.8, 4) is 0 Å². The van der Waals surface area contributed by atoms with Crippen LogP contribution in [0.4, 0.5) is 0 Å². The summed E-state index contributed by atoms with van der Waals surface area (Å²) in [5.41, 5.74) is -0.607. The number of alkyl halides is 1. The minimum atomic E-state index is -3.32. The third-order valence-corrected chi connectivity index (χ3v) is 6.90. The molecule has 5 aliphatic rings. The van der Waals surface area contributed by atoms with E-state index in [0.717, 1.165) is 0 Å². The summed E-state index contributed by atoms with van der Waals surface area (Å²) >= 11 is 3.15.